The van der Waals surface area contributed by atoms with Crippen molar-refractivity contribution < 1.29 is 23.9 Å². The highest BCUT2D eigenvalue weighted by Gasteiger charge is 2.23. The Labute approximate surface area is 244 Å². The summed E-state index contributed by atoms with van der Waals surface area (Å²) in [5, 5.41) is 19.6. The van der Waals surface area contributed by atoms with Crippen LogP contribution in [0.1, 0.15) is 28.4 Å². The molecule has 1 atom stereocenters. The van der Waals surface area contributed by atoms with Crippen LogP contribution in [0.4, 0.5) is 23.0 Å². The van der Waals surface area contributed by atoms with Gasteiger partial charge in [0, 0.05) is 10.6 Å². The fourth-order valence-corrected chi connectivity index (χ4v) is 4.29. The van der Waals surface area contributed by atoms with E-state index in [0.29, 0.717) is 27.1 Å². The summed E-state index contributed by atoms with van der Waals surface area (Å²) in [5.74, 6) is -1.19. The number of carboxylic acid groups (broad SMARTS) is 1. The fraction of sp³-hybridized carbons (Fsp3) is 0.148. The number of primary amides is 2. The van der Waals surface area contributed by atoms with E-state index in [1.807, 2.05) is 0 Å². The minimum absolute atomic E-state index is 0.00189. The summed E-state index contributed by atoms with van der Waals surface area (Å²) < 4.78 is 5.97. The summed E-state index contributed by atoms with van der Waals surface area (Å²) in [7, 11) is 0. The van der Waals surface area contributed by atoms with Crippen LogP contribution in [0.25, 0.3) is 11.3 Å². The first-order valence-corrected chi connectivity index (χ1v) is 12.9. The molecule has 2 aromatic heterocycles. The number of anilines is 4. The normalized spacial score (nSPS) is 11.5. The Bertz CT molecular complexity index is 1630. The Morgan fingerprint density at radius 2 is 1.76 bits per heavy atom. The fourth-order valence-electron chi connectivity index (χ4n) is 3.91. The molecule has 2 aromatic carbocycles. The summed E-state index contributed by atoms with van der Waals surface area (Å²) >= 11 is 12.4. The molecule has 0 aliphatic heterocycles. The SMILES string of the molecule is Cc1nc(Nc2ccccc2C(=O)O)c(NCc2ccc(-c3cc(Cl)ccc3Cl)o2)c(NC(CC(N)=O)C(N)=O)n1. The second kappa shape index (κ2) is 12.6. The highest BCUT2D eigenvalue weighted by molar-refractivity contribution is 6.35. The summed E-state index contributed by atoms with van der Waals surface area (Å²) in [6.07, 6.45) is -0.385. The zero-order chi connectivity index (χ0) is 29.7. The number of para-hydroxylation sites is 1. The molecule has 1 unspecified atom stereocenters. The van der Waals surface area contributed by atoms with E-state index in [9.17, 15) is 19.5 Å². The molecule has 0 fully saturated rings. The number of halogens is 2. The molecule has 4 aromatic rings. The van der Waals surface area contributed by atoms with Gasteiger partial charge in [-0.15, -0.1) is 0 Å². The number of amides is 2. The summed E-state index contributed by atoms with van der Waals surface area (Å²) in [4.78, 5) is 44.3. The minimum atomic E-state index is -1.18. The van der Waals surface area contributed by atoms with Crippen molar-refractivity contribution >= 4 is 64.0 Å². The van der Waals surface area contributed by atoms with Crippen LogP contribution in [0.3, 0.4) is 0 Å². The molecular weight excluding hydrogens is 573 g/mol. The molecule has 2 amide bonds. The van der Waals surface area contributed by atoms with Crippen LogP contribution in [0, 0.1) is 6.92 Å². The second-order valence-corrected chi connectivity index (χ2v) is 9.68. The molecular formula is C27H25Cl2N7O5. The number of hydrogen-bond donors (Lipinski definition) is 6. The number of nitrogens with one attached hydrogen (secondary N) is 3. The number of aryl methyl sites for hydroxylation is 1. The molecule has 0 aliphatic rings. The van der Waals surface area contributed by atoms with Crippen molar-refractivity contribution in [2.24, 2.45) is 11.5 Å². The van der Waals surface area contributed by atoms with Gasteiger partial charge in [0.1, 0.15) is 29.1 Å². The lowest BCUT2D eigenvalue weighted by Gasteiger charge is -2.21. The largest absolute Gasteiger partial charge is 0.478 e. The zero-order valence-electron chi connectivity index (χ0n) is 21.6. The number of furan rings is 1. The summed E-state index contributed by atoms with van der Waals surface area (Å²) in [6.45, 7) is 1.70. The van der Waals surface area contributed by atoms with Crippen molar-refractivity contribution in [1.29, 1.82) is 0 Å². The van der Waals surface area contributed by atoms with Gasteiger partial charge >= 0.3 is 5.97 Å². The van der Waals surface area contributed by atoms with Gasteiger partial charge in [0.2, 0.25) is 11.8 Å². The third-order valence-corrected chi connectivity index (χ3v) is 6.35. The van der Waals surface area contributed by atoms with E-state index in [1.165, 1.54) is 6.07 Å². The Kier molecular flexibility index (Phi) is 8.95. The molecule has 14 heteroatoms. The highest BCUT2D eigenvalue weighted by Crippen LogP contribution is 2.34. The van der Waals surface area contributed by atoms with Crippen molar-refractivity contribution in [1.82, 2.24) is 9.97 Å². The average Bonchev–Trinajstić information content (AvgIpc) is 3.38. The maximum atomic E-state index is 12.1. The molecule has 212 valence electrons. The molecule has 2 heterocycles. The number of hydrogen-bond acceptors (Lipinski definition) is 9. The first-order valence-electron chi connectivity index (χ1n) is 12.1. The summed E-state index contributed by atoms with van der Waals surface area (Å²) in [5.41, 5.74) is 11.9. The number of carbonyl (C=O) groups excluding carboxylic acids is 2. The van der Waals surface area contributed by atoms with Crippen molar-refractivity contribution in [3.8, 4) is 11.3 Å². The van der Waals surface area contributed by atoms with Gasteiger partial charge in [-0.1, -0.05) is 35.3 Å². The second-order valence-electron chi connectivity index (χ2n) is 8.83. The molecule has 4 rings (SSSR count). The average molecular weight is 598 g/mol. The molecule has 0 bridgehead atoms. The lowest BCUT2D eigenvalue weighted by Crippen LogP contribution is -2.39. The standard InChI is InChI=1S/C27H25Cl2N7O5/c1-13-33-25(35-19-5-3-2-4-16(19)27(39)40)23(26(34-13)36-20(24(31)38)11-22(30)37)32-12-15-7-9-21(41-15)17-10-14(28)6-8-18(17)29/h2-10,20,32H,11-12H2,1H3,(H2,30,37)(H2,31,38)(H,39,40)(H2,33,34,35,36). The summed E-state index contributed by atoms with van der Waals surface area (Å²) in [6, 6.07) is 13.6. The number of aromatic nitrogens is 2. The number of nitrogens with zero attached hydrogens (tertiary/aromatic N) is 2. The number of benzene rings is 2. The lowest BCUT2D eigenvalue weighted by atomic mass is 10.1. The van der Waals surface area contributed by atoms with Gasteiger partial charge in [0.25, 0.3) is 0 Å². The smallest absolute Gasteiger partial charge is 0.337 e. The quantitative estimate of drug-likeness (QED) is 0.135. The third kappa shape index (κ3) is 7.24. The Morgan fingerprint density at radius 1 is 1.02 bits per heavy atom. The van der Waals surface area contributed by atoms with E-state index >= 15 is 0 Å². The molecule has 0 saturated carbocycles. The monoisotopic (exact) mass is 597 g/mol. The number of carbonyl (C=O) groups is 3. The van der Waals surface area contributed by atoms with E-state index in [-0.39, 0.29) is 47.4 Å². The van der Waals surface area contributed by atoms with E-state index in [4.69, 9.17) is 39.1 Å². The lowest BCUT2D eigenvalue weighted by molar-refractivity contribution is -0.123. The van der Waals surface area contributed by atoms with Crippen molar-refractivity contribution in [2.75, 3.05) is 16.0 Å². The predicted molar refractivity (Wildman–Crippen MR) is 155 cm³/mol. The zero-order valence-corrected chi connectivity index (χ0v) is 23.1. The van der Waals surface area contributed by atoms with Crippen molar-refractivity contribution in [3.63, 3.8) is 0 Å². The first kappa shape index (κ1) is 29.2. The molecule has 8 N–H and O–H groups in total. The van der Waals surface area contributed by atoms with Gasteiger partial charge in [0.15, 0.2) is 11.6 Å². The highest BCUT2D eigenvalue weighted by atomic mass is 35.5. The van der Waals surface area contributed by atoms with Crippen molar-refractivity contribution in [3.05, 3.63) is 81.8 Å². The predicted octanol–water partition coefficient (Wildman–Crippen LogP) is 4.55. The van der Waals surface area contributed by atoms with Crippen molar-refractivity contribution in [2.45, 2.75) is 25.9 Å². The molecule has 0 spiro atoms. The Morgan fingerprint density at radius 3 is 2.46 bits per heavy atom. The number of carboxylic acids is 1. The maximum Gasteiger partial charge on any atom is 0.337 e. The third-order valence-electron chi connectivity index (χ3n) is 5.79. The minimum Gasteiger partial charge on any atom is -0.478 e. The van der Waals surface area contributed by atoms with Crippen LogP contribution in [0.5, 0.6) is 0 Å². The van der Waals surface area contributed by atoms with Gasteiger partial charge < -0.3 is 36.9 Å². The maximum absolute atomic E-state index is 12.1. The topological polar surface area (TPSA) is 198 Å². The van der Waals surface area contributed by atoms with Crippen LogP contribution in [0.2, 0.25) is 10.0 Å². The van der Waals surface area contributed by atoms with Gasteiger partial charge in [-0.3, -0.25) is 9.59 Å². The van der Waals surface area contributed by atoms with E-state index in [0.717, 1.165) is 0 Å². The van der Waals surface area contributed by atoms with Gasteiger partial charge in [-0.2, -0.15) is 0 Å². The van der Waals surface area contributed by atoms with Gasteiger partial charge in [-0.05, 0) is 49.4 Å². The molecule has 0 saturated heterocycles. The van der Waals surface area contributed by atoms with Crippen LogP contribution >= 0.6 is 23.2 Å². The molecule has 41 heavy (non-hydrogen) atoms. The van der Waals surface area contributed by atoms with Gasteiger partial charge in [0.05, 0.1) is 29.2 Å². The molecule has 12 nitrogen and oxygen atoms in total. The van der Waals surface area contributed by atoms with Crippen LogP contribution in [-0.2, 0) is 16.1 Å². The number of aromatic carboxylic acids is 1. The van der Waals surface area contributed by atoms with Gasteiger partial charge in [-0.25, -0.2) is 14.8 Å². The number of nitrogens with two attached hydrogens (primary N) is 2. The van der Waals surface area contributed by atoms with Crippen LogP contribution in [0.15, 0.2) is 59.0 Å². The Balaban J connectivity index is 1.72. The van der Waals surface area contributed by atoms with E-state index in [2.05, 4.69) is 25.9 Å². The van der Waals surface area contributed by atoms with E-state index in [1.54, 1.807) is 55.5 Å². The first-order chi connectivity index (χ1) is 19.5. The molecule has 0 aliphatic carbocycles. The van der Waals surface area contributed by atoms with Crippen LogP contribution in [-0.4, -0.2) is 38.9 Å². The Hall–Kier alpha value is -4.81. The molecule has 0 radical (unpaired) electrons. The number of rotatable bonds is 12. The van der Waals surface area contributed by atoms with Crippen LogP contribution < -0.4 is 27.4 Å². The van der Waals surface area contributed by atoms with E-state index < -0.39 is 23.8 Å².